The molecular formula is C15H15ClO2. The summed E-state index contributed by atoms with van der Waals surface area (Å²) in [5, 5.41) is 10.6. The van der Waals surface area contributed by atoms with Crippen LogP contribution in [0.4, 0.5) is 0 Å². The highest BCUT2D eigenvalue weighted by Crippen LogP contribution is 2.31. The molecule has 0 saturated heterocycles. The number of halogens is 1. The van der Waals surface area contributed by atoms with E-state index >= 15 is 0 Å². The maximum atomic E-state index is 9.94. The summed E-state index contributed by atoms with van der Waals surface area (Å²) in [6.45, 7) is 1.93. The average Bonchev–Trinajstić information content (AvgIpc) is 2.38. The third-order valence-electron chi connectivity index (χ3n) is 2.69. The first-order valence-electron chi connectivity index (χ1n) is 5.91. The van der Waals surface area contributed by atoms with Gasteiger partial charge < -0.3 is 9.84 Å². The normalized spacial score (nSPS) is 12.2. The Bertz CT molecular complexity index is 525. The second-order valence-electron chi connectivity index (χ2n) is 4.02. The molecule has 2 aromatic carbocycles. The predicted octanol–water partition coefficient (Wildman–Crippen LogP) is 4.58. The molecule has 0 aromatic heterocycles. The first kappa shape index (κ1) is 12.9. The van der Waals surface area contributed by atoms with Gasteiger partial charge in [-0.3, -0.25) is 0 Å². The Kier molecular flexibility index (Phi) is 4.24. The lowest BCUT2D eigenvalue weighted by molar-refractivity contribution is 0.170. The number of para-hydroxylation sites is 1. The van der Waals surface area contributed by atoms with Crippen LogP contribution in [-0.2, 0) is 0 Å². The zero-order chi connectivity index (χ0) is 13.0. The highest BCUT2D eigenvalue weighted by Gasteiger charge is 2.11. The van der Waals surface area contributed by atoms with Crippen LogP contribution in [-0.4, -0.2) is 5.11 Å². The van der Waals surface area contributed by atoms with Gasteiger partial charge in [-0.05, 0) is 30.7 Å². The monoisotopic (exact) mass is 262 g/mol. The van der Waals surface area contributed by atoms with Gasteiger partial charge in [0, 0.05) is 10.6 Å². The summed E-state index contributed by atoms with van der Waals surface area (Å²) < 4.78 is 5.77. The predicted molar refractivity (Wildman–Crippen MR) is 73.2 cm³/mol. The highest BCUT2D eigenvalue weighted by molar-refractivity contribution is 6.30. The summed E-state index contributed by atoms with van der Waals surface area (Å²) in [4.78, 5) is 0. The number of hydrogen-bond donors (Lipinski definition) is 1. The van der Waals surface area contributed by atoms with E-state index < -0.39 is 6.10 Å². The van der Waals surface area contributed by atoms with Crippen LogP contribution < -0.4 is 4.74 Å². The Morgan fingerprint density at radius 3 is 2.67 bits per heavy atom. The Morgan fingerprint density at radius 2 is 1.94 bits per heavy atom. The number of ether oxygens (including phenoxy) is 1. The van der Waals surface area contributed by atoms with E-state index in [0.717, 1.165) is 5.56 Å². The first-order valence-corrected chi connectivity index (χ1v) is 6.29. The molecule has 0 aliphatic rings. The molecule has 2 nitrogen and oxygen atoms in total. The second kappa shape index (κ2) is 5.89. The van der Waals surface area contributed by atoms with Crippen molar-refractivity contribution in [3.8, 4) is 11.5 Å². The zero-order valence-corrected chi connectivity index (χ0v) is 10.9. The molecule has 0 heterocycles. The Balaban J connectivity index is 2.29. The van der Waals surface area contributed by atoms with Gasteiger partial charge in [0.15, 0.2) is 0 Å². The average molecular weight is 263 g/mol. The molecule has 0 unspecified atom stereocenters. The molecule has 2 rings (SSSR count). The van der Waals surface area contributed by atoms with Gasteiger partial charge in [-0.15, -0.1) is 0 Å². The van der Waals surface area contributed by atoms with Crippen molar-refractivity contribution in [2.75, 3.05) is 0 Å². The molecule has 0 radical (unpaired) electrons. The van der Waals surface area contributed by atoms with Gasteiger partial charge in [0.2, 0.25) is 0 Å². The zero-order valence-electron chi connectivity index (χ0n) is 10.1. The van der Waals surface area contributed by atoms with E-state index in [1.165, 1.54) is 0 Å². The maximum absolute atomic E-state index is 9.94. The van der Waals surface area contributed by atoms with Crippen LogP contribution in [0, 0.1) is 0 Å². The molecule has 18 heavy (non-hydrogen) atoms. The lowest BCUT2D eigenvalue weighted by Crippen LogP contribution is -1.98. The number of aliphatic hydroxyl groups is 1. The molecule has 3 heteroatoms. The van der Waals surface area contributed by atoms with Gasteiger partial charge in [0.25, 0.3) is 0 Å². The molecule has 0 fully saturated rings. The maximum Gasteiger partial charge on any atom is 0.133 e. The van der Waals surface area contributed by atoms with E-state index in [1.54, 1.807) is 12.1 Å². The molecule has 0 aliphatic carbocycles. The van der Waals surface area contributed by atoms with Crippen LogP contribution in [0.15, 0.2) is 48.5 Å². The van der Waals surface area contributed by atoms with Gasteiger partial charge in [0.05, 0.1) is 6.10 Å². The van der Waals surface area contributed by atoms with E-state index in [-0.39, 0.29) is 0 Å². The van der Waals surface area contributed by atoms with Crippen LogP contribution in [0.1, 0.15) is 25.0 Å². The SMILES string of the molecule is CC[C@H](O)c1ccccc1Oc1cccc(Cl)c1. The van der Waals surface area contributed by atoms with Crippen molar-refractivity contribution < 1.29 is 9.84 Å². The van der Waals surface area contributed by atoms with Crippen molar-refractivity contribution in [2.24, 2.45) is 0 Å². The lowest BCUT2D eigenvalue weighted by atomic mass is 10.1. The summed E-state index contributed by atoms with van der Waals surface area (Å²) in [7, 11) is 0. The van der Waals surface area contributed by atoms with Gasteiger partial charge in [-0.1, -0.05) is 42.8 Å². The van der Waals surface area contributed by atoms with Gasteiger partial charge in [-0.25, -0.2) is 0 Å². The van der Waals surface area contributed by atoms with Crippen LogP contribution in [0.25, 0.3) is 0 Å². The molecule has 0 bridgehead atoms. The largest absolute Gasteiger partial charge is 0.457 e. The van der Waals surface area contributed by atoms with Crippen LogP contribution >= 0.6 is 11.6 Å². The Hall–Kier alpha value is -1.51. The summed E-state index contributed by atoms with van der Waals surface area (Å²) in [5.41, 5.74) is 0.792. The van der Waals surface area contributed by atoms with E-state index in [2.05, 4.69) is 0 Å². The van der Waals surface area contributed by atoms with Crippen molar-refractivity contribution in [1.82, 2.24) is 0 Å². The third-order valence-corrected chi connectivity index (χ3v) is 2.92. The molecule has 2 aromatic rings. The Morgan fingerprint density at radius 1 is 1.17 bits per heavy atom. The van der Waals surface area contributed by atoms with Crippen molar-refractivity contribution in [3.63, 3.8) is 0 Å². The minimum Gasteiger partial charge on any atom is -0.457 e. The molecular weight excluding hydrogens is 248 g/mol. The number of aliphatic hydroxyl groups excluding tert-OH is 1. The van der Waals surface area contributed by atoms with E-state index in [4.69, 9.17) is 16.3 Å². The quantitative estimate of drug-likeness (QED) is 0.874. The van der Waals surface area contributed by atoms with Gasteiger partial charge >= 0.3 is 0 Å². The fraction of sp³-hybridized carbons (Fsp3) is 0.200. The molecule has 0 amide bonds. The standard InChI is InChI=1S/C15H15ClO2/c1-2-14(17)13-8-3-4-9-15(13)18-12-7-5-6-11(16)10-12/h3-10,14,17H,2H2,1H3/t14-/m0/s1. The van der Waals surface area contributed by atoms with Crippen molar-refractivity contribution >= 4 is 11.6 Å². The van der Waals surface area contributed by atoms with Gasteiger partial charge in [0.1, 0.15) is 11.5 Å². The number of hydrogen-bond acceptors (Lipinski definition) is 2. The summed E-state index contributed by atoms with van der Waals surface area (Å²) in [5.74, 6) is 1.33. The number of benzene rings is 2. The van der Waals surface area contributed by atoms with E-state index in [9.17, 15) is 5.11 Å². The minimum absolute atomic E-state index is 0.514. The molecule has 0 saturated carbocycles. The van der Waals surface area contributed by atoms with Crippen molar-refractivity contribution in [3.05, 3.63) is 59.1 Å². The molecule has 94 valence electrons. The molecule has 0 aliphatic heterocycles. The smallest absolute Gasteiger partial charge is 0.133 e. The minimum atomic E-state index is -0.514. The summed E-state index contributed by atoms with van der Waals surface area (Å²) >= 11 is 5.91. The van der Waals surface area contributed by atoms with Crippen molar-refractivity contribution in [1.29, 1.82) is 0 Å². The summed E-state index contributed by atoms with van der Waals surface area (Å²) in [6, 6.07) is 14.7. The highest BCUT2D eigenvalue weighted by atomic mass is 35.5. The fourth-order valence-corrected chi connectivity index (χ4v) is 1.91. The van der Waals surface area contributed by atoms with E-state index in [1.807, 2.05) is 43.3 Å². The molecule has 0 spiro atoms. The van der Waals surface area contributed by atoms with Crippen LogP contribution in [0.3, 0.4) is 0 Å². The first-order chi connectivity index (χ1) is 8.70. The molecule has 1 atom stereocenters. The molecule has 1 N–H and O–H groups in total. The van der Waals surface area contributed by atoms with Crippen LogP contribution in [0.5, 0.6) is 11.5 Å². The van der Waals surface area contributed by atoms with Gasteiger partial charge in [-0.2, -0.15) is 0 Å². The summed E-state index contributed by atoms with van der Waals surface area (Å²) in [6.07, 6.45) is 0.135. The fourth-order valence-electron chi connectivity index (χ4n) is 1.73. The Labute approximate surface area is 112 Å². The van der Waals surface area contributed by atoms with E-state index in [0.29, 0.717) is 22.9 Å². The van der Waals surface area contributed by atoms with Crippen molar-refractivity contribution in [2.45, 2.75) is 19.4 Å². The van der Waals surface area contributed by atoms with Crippen LogP contribution in [0.2, 0.25) is 5.02 Å². The lowest BCUT2D eigenvalue weighted by Gasteiger charge is -2.14. The second-order valence-corrected chi connectivity index (χ2v) is 4.46. The third kappa shape index (κ3) is 3.03. The number of rotatable bonds is 4. The topological polar surface area (TPSA) is 29.5 Å².